The van der Waals surface area contributed by atoms with Gasteiger partial charge in [-0.1, -0.05) is 60.2 Å². The summed E-state index contributed by atoms with van der Waals surface area (Å²) in [5.41, 5.74) is 3.62. The molecule has 23 heavy (non-hydrogen) atoms. The second kappa shape index (κ2) is 8.93. The quantitative estimate of drug-likeness (QED) is 0.805. The number of urea groups is 1. The predicted molar refractivity (Wildman–Crippen MR) is 91.4 cm³/mol. The summed E-state index contributed by atoms with van der Waals surface area (Å²) in [5, 5.41) is 5.33. The molecule has 4 heteroatoms. The van der Waals surface area contributed by atoms with Crippen molar-refractivity contribution in [3.05, 3.63) is 71.3 Å². The van der Waals surface area contributed by atoms with Crippen LogP contribution in [0.2, 0.25) is 0 Å². The van der Waals surface area contributed by atoms with E-state index in [1.54, 1.807) is 0 Å². The lowest BCUT2D eigenvalue weighted by Gasteiger charge is -2.19. The lowest BCUT2D eigenvalue weighted by molar-refractivity contribution is 0.239. The van der Waals surface area contributed by atoms with E-state index in [1.807, 2.05) is 24.3 Å². The molecule has 2 N–H and O–H groups in total. The van der Waals surface area contributed by atoms with Crippen LogP contribution in [0.15, 0.2) is 54.6 Å². The summed E-state index contributed by atoms with van der Waals surface area (Å²) in [5.74, 6) is 0.174. The fourth-order valence-electron chi connectivity index (χ4n) is 2.57. The molecule has 3 nitrogen and oxygen atoms in total. The second-order valence-electron chi connectivity index (χ2n) is 5.63. The summed E-state index contributed by atoms with van der Waals surface area (Å²) in [7, 11) is 0. The Balaban J connectivity index is 2.06. The molecule has 122 valence electrons. The molecule has 2 aromatic carbocycles. The van der Waals surface area contributed by atoms with Crippen LogP contribution in [-0.2, 0) is 6.42 Å². The van der Waals surface area contributed by atoms with E-state index in [9.17, 15) is 9.18 Å². The van der Waals surface area contributed by atoms with E-state index in [0.29, 0.717) is 6.54 Å². The summed E-state index contributed by atoms with van der Waals surface area (Å²) >= 11 is 0. The molecule has 0 aromatic heterocycles. The first-order chi connectivity index (χ1) is 11.2. The maximum Gasteiger partial charge on any atom is 0.314 e. The maximum absolute atomic E-state index is 12.1. The van der Waals surface area contributed by atoms with Crippen LogP contribution in [-0.4, -0.2) is 25.8 Å². The first kappa shape index (κ1) is 17.0. The van der Waals surface area contributed by atoms with Crippen LogP contribution in [0.1, 0.15) is 22.6 Å². The summed E-state index contributed by atoms with van der Waals surface area (Å²) in [6, 6.07) is 18.2. The molecule has 2 amide bonds. The SMILES string of the molecule is Cc1cccc(C(CNC(=O)NCCF)Cc2ccccc2)c1. The number of benzene rings is 2. The standard InChI is InChI=1S/C19H23FN2O/c1-15-6-5-9-17(12-15)18(13-16-7-3-2-4-8-16)14-22-19(23)21-11-10-20/h2-9,12,18H,10-11,13-14H2,1H3,(H2,21,22,23). The summed E-state index contributed by atoms with van der Waals surface area (Å²) in [6.45, 7) is 2.05. The number of aryl methyl sites for hydroxylation is 1. The molecule has 1 atom stereocenters. The summed E-state index contributed by atoms with van der Waals surface area (Å²) in [4.78, 5) is 11.7. The lowest BCUT2D eigenvalue weighted by atomic mass is 9.91. The number of alkyl halides is 1. The molecule has 1 unspecified atom stereocenters. The highest BCUT2D eigenvalue weighted by atomic mass is 19.1. The van der Waals surface area contributed by atoms with E-state index < -0.39 is 6.67 Å². The molecule has 0 bridgehead atoms. The summed E-state index contributed by atoms with van der Waals surface area (Å²) in [6.07, 6.45) is 0.841. The topological polar surface area (TPSA) is 41.1 Å². The van der Waals surface area contributed by atoms with Crippen molar-refractivity contribution in [1.82, 2.24) is 10.6 Å². The van der Waals surface area contributed by atoms with Gasteiger partial charge in [0.15, 0.2) is 0 Å². The number of rotatable bonds is 7. The molecule has 0 heterocycles. The molecule has 0 aliphatic heterocycles. The normalized spacial score (nSPS) is 11.7. The number of hydrogen-bond donors (Lipinski definition) is 2. The first-order valence-electron chi connectivity index (χ1n) is 7.87. The zero-order valence-corrected chi connectivity index (χ0v) is 13.4. The van der Waals surface area contributed by atoms with Gasteiger partial charge in [-0.2, -0.15) is 0 Å². The Bertz CT molecular complexity index is 616. The van der Waals surface area contributed by atoms with Crippen molar-refractivity contribution in [3.63, 3.8) is 0 Å². The van der Waals surface area contributed by atoms with Crippen molar-refractivity contribution in [2.24, 2.45) is 0 Å². The van der Waals surface area contributed by atoms with Crippen LogP contribution in [0.3, 0.4) is 0 Å². The van der Waals surface area contributed by atoms with E-state index in [2.05, 4.69) is 47.9 Å². The van der Waals surface area contributed by atoms with Crippen LogP contribution in [0.5, 0.6) is 0 Å². The molecule has 2 rings (SSSR count). The highest BCUT2D eigenvalue weighted by Gasteiger charge is 2.14. The number of carbonyl (C=O) groups excluding carboxylic acids is 1. The van der Waals surface area contributed by atoms with Gasteiger partial charge in [0, 0.05) is 19.0 Å². The molecule has 0 aliphatic carbocycles. The van der Waals surface area contributed by atoms with Crippen molar-refractivity contribution in [2.45, 2.75) is 19.3 Å². The first-order valence-corrected chi connectivity index (χ1v) is 7.87. The van der Waals surface area contributed by atoms with E-state index in [0.717, 1.165) is 6.42 Å². The van der Waals surface area contributed by atoms with Crippen molar-refractivity contribution in [1.29, 1.82) is 0 Å². The zero-order valence-electron chi connectivity index (χ0n) is 13.4. The molecule has 2 aromatic rings. The molecule has 0 spiro atoms. The van der Waals surface area contributed by atoms with E-state index in [4.69, 9.17) is 0 Å². The van der Waals surface area contributed by atoms with Crippen LogP contribution in [0.25, 0.3) is 0 Å². The van der Waals surface area contributed by atoms with Crippen LogP contribution >= 0.6 is 0 Å². The molecule has 0 radical (unpaired) electrons. The molecule has 0 fully saturated rings. The molecule has 0 aliphatic rings. The number of carbonyl (C=O) groups is 1. The lowest BCUT2D eigenvalue weighted by Crippen LogP contribution is -2.39. The Morgan fingerprint density at radius 3 is 2.57 bits per heavy atom. The van der Waals surface area contributed by atoms with Gasteiger partial charge in [0.1, 0.15) is 6.67 Å². The predicted octanol–water partition coefficient (Wildman–Crippen LogP) is 3.59. The Kier molecular flexibility index (Phi) is 6.60. The zero-order chi connectivity index (χ0) is 16.5. The van der Waals surface area contributed by atoms with E-state index in [-0.39, 0.29) is 18.5 Å². The number of nitrogens with one attached hydrogen (secondary N) is 2. The van der Waals surface area contributed by atoms with Crippen LogP contribution in [0.4, 0.5) is 9.18 Å². The van der Waals surface area contributed by atoms with Gasteiger partial charge in [0.2, 0.25) is 0 Å². The van der Waals surface area contributed by atoms with Gasteiger partial charge in [-0.3, -0.25) is 0 Å². The highest BCUT2D eigenvalue weighted by molar-refractivity contribution is 5.73. The smallest absolute Gasteiger partial charge is 0.314 e. The van der Waals surface area contributed by atoms with Crippen molar-refractivity contribution >= 4 is 6.03 Å². The molecule has 0 saturated carbocycles. The monoisotopic (exact) mass is 314 g/mol. The Hall–Kier alpha value is -2.36. The van der Waals surface area contributed by atoms with Gasteiger partial charge < -0.3 is 10.6 Å². The minimum atomic E-state index is -0.557. The minimum Gasteiger partial charge on any atom is -0.338 e. The Morgan fingerprint density at radius 2 is 1.87 bits per heavy atom. The Labute approximate surface area is 136 Å². The van der Waals surface area contributed by atoms with E-state index >= 15 is 0 Å². The van der Waals surface area contributed by atoms with Gasteiger partial charge in [-0.15, -0.1) is 0 Å². The van der Waals surface area contributed by atoms with Crippen LogP contribution < -0.4 is 10.6 Å². The highest BCUT2D eigenvalue weighted by Crippen LogP contribution is 2.21. The average molecular weight is 314 g/mol. The number of halogens is 1. The van der Waals surface area contributed by atoms with Crippen molar-refractivity contribution in [3.8, 4) is 0 Å². The van der Waals surface area contributed by atoms with Gasteiger partial charge in [-0.25, -0.2) is 9.18 Å². The van der Waals surface area contributed by atoms with Gasteiger partial charge in [0.05, 0.1) is 0 Å². The Morgan fingerprint density at radius 1 is 1.09 bits per heavy atom. The van der Waals surface area contributed by atoms with Crippen molar-refractivity contribution in [2.75, 3.05) is 19.8 Å². The minimum absolute atomic E-state index is 0.0413. The molecule has 0 saturated heterocycles. The number of amides is 2. The fraction of sp³-hybridized carbons (Fsp3) is 0.316. The summed E-state index contributed by atoms with van der Waals surface area (Å²) < 4.78 is 12.1. The second-order valence-corrected chi connectivity index (χ2v) is 5.63. The number of hydrogen-bond acceptors (Lipinski definition) is 1. The maximum atomic E-state index is 12.1. The van der Waals surface area contributed by atoms with E-state index in [1.165, 1.54) is 16.7 Å². The third-order valence-corrected chi connectivity index (χ3v) is 3.73. The third kappa shape index (κ3) is 5.74. The third-order valence-electron chi connectivity index (χ3n) is 3.73. The van der Waals surface area contributed by atoms with Gasteiger partial charge in [-0.05, 0) is 24.5 Å². The largest absolute Gasteiger partial charge is 0.338 e. The molecular weight excluding hydrogens is 291 g/mol. The van der Waals surface area contributed by atoms with Gasteiger partial charge >= 0.3 is 6.03 Å². The fourth-order valence-corrected chi connectivity index (χ4v) is 2.57. The molecular formula is C19H23FN2O. The van der Waals surface area contributed by atoms with Crippen LogP contribution in [0, 0.1) is 6.92 Å². The van der Waals surface area contributed by atoms with Crippen molar-refractivity contribution < 1.29 is 9.18 Å². The van der Waals surface area contributed by atoms with Gasteiger partial charge in [0.25, 0.3) is 0 Å². The average Bonchev–Trinajstić information content (AvgIpc) is 2.57.